The van der Waals surface area contributed by atoms with E-state index in [-0.39, 0.29) is 0 Å². The topological polar surface area (TPSA) is 17.8 Å². The maximum Gasteiger partial charge on any atom is 0.678 e. The van der Waals surface area contributed by atoms with Crippen LogP contribution < -0.4 is 0 Å². The van der Waals surface area contributed by atoms with Gasteiger partial charge in [-0.25, -0.2) is 0 Å². The van der Waals surface area contributed by atoms with Gasteiger partial charge in [0.2, 0.25) is 0 Å². The van der Waals surface area contributed by atoms with Crippen molar-refractivity contribution in [3.05, 3.63) is 79.0 Å². The fourth-order valence-corrected chi connectivity index (χ4v) is 3.03. The van der Waals surface area contributed by atoms with E-state index in [0.29, 0.717) is 17.0 Å². The van der Waals surface area contributed by atoms with Crippen molar-refractivity contribution in [3.8, 4) is 22.5 Å². The molecule has 2 heterocycles. The molecule has 0 spiro atoms. The summed E-state index contributed by atoms with van der Waals surface area (Å²) >= 11 is 0. The first-order valence-corrected chi connectivity index (χ1v) is 7.64. The molecule has 24 heavy (non-hydrogen) atoms. The van der Waals surface area contributed by atoms with Crippen LogP contribution in [-0.2, 0) is 0 Å². The Morgan fingerprint density at radius 2 is 1.50 bits per heavy atom. The van der Waals surface area contributed by atoms with E-state index in [9.17, 15) is 8.63 Å². The molecule has 4 aromatic rings. The third kappa shape index (κ3) is 2.38. The molecular weight excluding hydrogens is 305 g/mol. The van der Waals surface area contributed by atoms with Crippen molar-refractivity contribution in [1.82, 2.24) is 9.46 Å². The van der Waals surface area contributed by atoms with Gasteiger partial charge in [0, 0.05) is 28.5 Å². The van der Waals surface area contributed by atoms with Crippen LogP contribution in [0.3, 0.4) is 0 Å². The third-order valence-electron chi connectivity index (χ3n) is 4.09. The zero-order valence-electron chi connectivity index (χ0n) is 12.7. The molecular formula is C19H13BF2N2. The van der Waals surface area contributed by atoms with Crippen molar-refractivity contribution in [2.75, 3.05) is 0 Å². The number of nitrogens with zero attached hydrogens (tertiary/aromatic N) is 2. The van der Waals surface area contributed by atoms with Gasteiger partial charge in [-0.3, -0.25) is 13.6 Å². The van der Waals surface area contributed by atoms with E-state index >= 15 is 0 Å². The minimum absolute atomic E-state index is 0.466. The Balaban J connectivity index is 1.98. The first-order chi connectivity index (χ1) is 11.8. The molecule has 0 N–H and O–H groups in total. The summed E-state index contributed by atoms with van der Waals surface area (Å²) in [6, 6.07) is 22.1. The second-order valence-electron chi connectivity index (χ2n) is 5.50. The van der Waals surface area contributed by atoms with Gasteiger partial charge in [0.25, 0.3) is 0 Å². The van der Waals surface area contributed by atoms with Crippen molar-refractivity contribution in [3.63, 3.8) is 0 Å². The van der Waals surface area contributed by atoms with Crippen LogP contribution in [0.5, 0.6) is 0 Å². The van der Waals surface area contributed by atoms with E-state index in [1.807, 2.05) is 60.7 Å². The van der Waals surface area contributed by atoms with Gasteiger partial charge in [-0.05, 0) is 23.8 Å². The highest BCUT2D eigenvalue weighted by Gasteiger charge is 2.25. The van der Waals surface area contributed by atoms with Crippen LogP contribution in [0.4, 0.5) is 8.63 Å². The van der Waals surface area contributed by atoms with E-state index < -0.39 is 7.40 Å². The first-order valence-electron chi connectivity index (χ1n) is 7.64. The van der Waals surface area contributed by atoms with Crippen molar-refractivity contribution < 1.29 is 8.63 Å². The van der Waals surface area contributed by atoms with Crippen molar-refractivity contribution in [2.45, 2.75) is 0 Å². The zero-order valence-corrected chi connectivity index (χ0v) is 12.7. The summed E-state index contributed by atoms with van der Waals surface area (Å²) in [4.78, 5) is 4.38. The Bertz CT molecular complexity index is 991. The molecule has 0 saturated heterocycles. The van der Waals surface area contributed by atoms with Gasteiger partial charge in [-0.15, -0.1) is 0 Å². The van der Waals surface area contributed by atoms with Crippen LogP contribution in [0.1, 0.15) is 0 Å². The molecule has 0 bridgehead atoms. The Morgan fingerprint density at radius 3 is 2.29 bits per heavy atom. The van der Waals surface area contributed by atoms with Crippen LogP contribution in [0, 0.1) is 0 Å². The molecule has 0 fully saturated rings. The predicted octanol–water partition coefficient (Wildman–Crippen LogP) is 5.14. The molecule has 0 unspecified atom stereocenters. The minimum Gasteiger partial charge on any atom is -0.325 e. The van der Waals surface area contributed by atoms with Crippen molar-refractivity contribution in [1.29, 1.82) is 0 Å². The maximum atomic E-state index is 13.8. The number of hydrogen-bond acceptors (Lipinski definition) is 1. The average molecular weight is 318 g/mol. The SMILES string of the molecule is FB(F)n1c(-c2ccccc2)ccc1-c1cccc2cccnc12. The summed E-state index contributed by atoms with van der Waals surface area (Å²) in [6.45, 7) is 0. The molecule has 5 heteroatoms. The van der Waals surface area contributed by atoms with E-state index in [4.69, 9.17) is 0 Å². The minimum atomic E-state index is -2.64. The standard InChI is InChI=1S/C19H13BF2N2/c21-20(22)24-17(14-6-2-1-3-7-14)11-12-18(24)16-10-4-8-15-9-5-13-23-19(15)16/h1-13H. The summed E-state index contributed by atoms with van der Waals surface area (Å²) in [6.07, 6.45) is 1.68. The second-order valence-corrected chi connectivity index (χ2v) is 5.50. The summed E-state index contributed by atoms with van der Waals surface area (Å²) in [5, 5.41) is 0.929. The molecule has 0 saturated carbocycles. The third-order valence-corrected chi connectivity index (χ3v) is 4.09. The summed E-state index contributed by atoms with van der Waals surface area (Å²) in [5.41, 5.74) is 3.15. The number of para-hydroxylation sites is 1. The van der Waals surface area contributed by atoms with Gasteiger partial charge in [0.15, 0.2) is 0 Å². The van der Waals surface area contributed by atoms with E-state index in [1.165, 1.54) is 0 Å². The van der Waals surface area contributed by atoms with Gasteiger partial charge in [-0.1, -0.05) is 54.6 Å². The van der Waals surface area contributed by atoms with Gasteiger partial charge < -0.3 is 4.48 Å². The first kappa shape index (κ1) is 14.6. The van der Waals surface area contributed by atoms with E-state index in [2.05, 4.69) is 4.98 Å². The Morgan fingerprint density at radius 1 is 0.750 bits per heavy atom. The smallest absolute Gasteiger partial charge is 0.325 e. The highest BCUT2D eigenvalue weighted by atomic mass is 19.2. The molecule has 0 aliphatic carbocycles. The van der Waals surface area contributed by atoms with Crippen molar-refractivity contribution in [2.24, 2.45) is 0 Å². The molecule has 0 aliphatic heterocycles. The highest BCUT2D eigenvalue weighted by molar-refractivity contribution is 6.42. The zero-order chi connectivity index (χ0) is 16.5. The molecule has 2 aromatic carbocycles. The Kier molecular flexibility index (Phi) is 3.61. The lowest BCUT2D eigenvalue weighted by Crippen LogP contribution is -2.15. The fraction of sp³-hybridized carbons (Fsp3) is 0. The monoisotopic (exact) mass is 318 g/mol. The van der Waals surface area contributed by atoms with Crippen LogP contribution in [0.2, 0.25) is 0 Å². The quantitative estimate of drug-likeness (QED) is 0.478. The molecule has 0 aliphatic rings. The van der Waals surface area contributed by atoms with Crippen LogP contribution >= 0.6 is 0 Å². The number of pyridine rings is 1. The Labute approximate surface area is 138 Å². The average Bonchev–Trinajstić information content (AvgIpc) is 3.07. The Hall–Kier alpha value is -2.95. The molecule has 4 rings (SSSR count). The molecule has 2 aromatic heterocycles. The van der Waals surface area contributed by atoms with Crippen LogP contribution in [0.25, 0.3) is 33.4 Å². The number of aromatic nitrogens is 2. The molecule has 0 radical (unpaired) electrons. The number of benzene rings is 2. The van der Waals surface area contributed by atoms with Gasteiger partial charge in [0.05, 0.1) is 5.52 Å². The molecule has 2 nitrogen and oxygen atoms in total. The van der Waals surface area contributed by atoms with Crippen LogP contribution in [0.15, 0.2) is 79.0 Å². The number of halogens is 2. The molecule has 116 valence electrons. The summed E-state index contributed by atoms with van der Waals surface area (Å²) in [7, 11) is -2.64. The van der Waals surface area contributed by atoms with Gasteiger partial charge in [0.1, 0.15) is 0 Å². The predicted molar refractivity (Wildman–Crippen MR) is 94.0 cm³/mol. The largest absolute Gasteiger partial charge is 0.678 e. The highest BCUT2D eigenvalue weighted by Crippen LogP contribution is 2.33. The summed E-state index contributed by atoms with van der Waals surface area (Å²) < 4.78 is 28.7. The second kappa shape index (κ2) is 5.93. The lowest BCUT2D eigenvalue weighted by Gasteiger charge is -2.12. The molecule has 0 atom stereocenters. The van der Waals surface area contributed by atoms with E-state index in [0.717, 1.165) is 20.9 Å². The number of hydrogen-bond donors (Lipinski definition) is 0. The molecule has 0 amide bonds. The normalized spacial score (nSPS) is 10.9. The lowest BCUT2D eigenvalue weighted by molar-refractivity contribution is 0.633. The van der Waals surface area contributed by atoms with Crippen LogP contribution in [-0.4, -0.2) is 16.9 Å². The van der Waals surface area contributed by atoms with E-state index in [1.54, 1.807) is 18.3 Å². The van der Waals surface area contributed by atoms with Crippen molar-refractivity contribution >= 4 is 18.3 Å². The maximum absolute atomic E-state index is 13.8. The lowest BCUT2D eigenvalue weighted by atomic mass is 10.0. The number of fused-ring (bicyclic) bond motifs is 1. The van der Waals surface area contributed by atoms with Gasteiger partial charge >= 0.3 is 7.40 Å². The summed E-state index contributed by atoms with van der Waals surface area (Å²) in [5.74, 6) is 0. The number of rotatable bonds is 3. The fourth-order valence-electron chi connectivity index (χ4n) is 3.03. The van der Waals surface area contributed by atoms with Gasteiger partial charge in [-0.2, -0.15) is 0 Å².